The largest absolute Gasteiger partial charge is 0.383 e. The minimum atomic E-state index is 0.662. The van der Waals surface area contributed by atoms with E-state index in [4.69, 9.17) is 10.5 Å². The first-order chi connectivity index (χ1) is 6.79. The van der Waals surface area contributed by atoms with Crippen LogP contribution in [0.2, 0.25) is 0 Å². The molecule has 0 radical (unpaired) electrons. The first-order valence-electron chi connectivity index (χ1n) is 4.83. The van der Waals surface area contributed by atoms with E-state index in [9.17, 15) is 0 Å². The minimum Gasteiger partial charge on any atom is -0.383 e. The maximum atomic E-state index is 5.73. The van der Waals surface area contributed by atoms with Gasteiger partial charge in [-0.2, -0.15) is 4.37 Å². The first-order valence-corrected chi connectivity index (χ1v) is 5.61. The number of nitrogens with zero attached hydrogens (tertiary/aromatic N) is 2. The maximum absolute atomic E-state index is 5.73. The standard InChI is InChI=1S/C9H15N3OS/c1-7-8(10)11-14-9(7)12-3-2-5-13-6-4-12/h2-6H2,1H3,(H2,10,11). The molecule has 1 aromatic rings. The summed E-state index contributed by atoms with van der Waals surface area (Å²) in [5.74, 6) is 0.662. The third-order valence-corrected chi connectivity index (χ3v) is 3.47. The lowest BCUT2D eigenvalue weighted by Crippen LogP contribution is -2.25. The fourth-order valence-corrected chi connectivity index (χ4v) is 2.44. The smallest absolute Gasteiger partial charge is 0.142 e. The zero-order valence-electron chi connectivity index (χ0n) is 8.32. The Balaban J connectivity index is 2.16. The summed E-state index contributed by atoms with van der Waals surface area (Å²) in [6.07, 6.45) is 1.08. The summed E-state index contributed by atoms with van der Waals surface area (Å²) in [5, 5.41) is 1.20. The van der Waals surface area contributed by atoms with Crippen LogP contribution < -0.4 is 10.6 Å². The number of anilines is 2. The van der Waals surface area contributed by atoms with E-state index < -0.39 is 0 Å². The lowest BCUT2D eigenvalue weighted by Gasteiger charge is -2.19. The highest BCUT2D eigenvalue weighted by Gasteiger charge is 2.15. The molecule has 4 nitrogen and oxygen atoms in total. The van der Waals surface area contributed by atoms with Crippen LogP contribution in [-0.2, 0) is 4.74 Å². The van der Waals surface area contributed by atoms with Crippen molar-refractivity contribution in [2.75, 3.05) is 36.9 Å². The van der Waals surface area contributed by atoms with Gasteiger partial charge in [-0.05, 0) is 24.9 Å². The summed E-state index contributed by atoms with van der Waals surface area (Å²) >= 11 is 1.49. The number of aromatic nitrogens is 1. The van der Waals surface area contributed by atoms with Crippen LogP contribution in [0.25, 0.3) is 0 Å². The summed E-state index contributed by atoms with van der Waals surface area (Å²) in [6.45, 7) is 5.69. The van der Waals surface area contributed by atoms with Crippen LogP contribution in [0.3, 0.4) is 0 Å². The van der Waals surface area contributed by atoms with Crippen LogP contribution in [0.5, 0.6) is 0 Å². The molecule has 0 aliphatic carbocycles. The molecular weight excluding hydrogens is 198 g/mol. The lowest BCUT2D eigenvalue weighted by atomic mass is 10.3. The Morgan fingerprint density at radius 1 is 1.43 bits per heavy atom. The molecule has 0 atom stereocenters. The van der Waals surface area contributed by atoms with Crippen LogP contribution >= 0.6 is 11.5 Å². The quantitative estimate of drug-likeness (QED) is 0.763. The van der Waals surface area contributed by atoms with Crippen molar-refractivity contribution in [2.24, 2.45) is 0 Å². The topological polar surface area (TPSA) is 51.4 Å². The average molecular weight is 213 g/mol. The Labute approximate surface area is 87.8 Å². The fraction of sp³-hybridized carbons (Fsp3) is 0.667. The second-order valence-electron chi connectivity index (χ2n) is 3.45. The van der Waals surface area contributed by atoms with Gasteiger partial charge in [-0.3, -0.25) is 0 Å². The summed E-state index contributed by atoms with van der Waals surface area (Å²) < 4.78 is 9.56. The second-order valence-corrected chi connectivity index (χ2v) is 4.20. The first kappa shape index (κ1) is 9.73. The monoisotopic (exact) mass is 213 g/mol. The number of nitrogen functional groups attached to an aromatic ring is 1. The Kier molecular flexibility index (Phi) is 2.88. The van der Waals surface area contributed by atoms with Gasteiger partial charge in [0.05, 0.1) is 6.61 Å². The molecule has 2 heterocycles. The molecule has 78 valence electrons. The maximum Gasteiger partial charge on any atom is 0.142 e. The van der Waals surface area contributed by atoms with Gasteiger partial charge in [0.15, 0.2) is 0 Å². The number of ether oxygens (including phenoxy) is 1. The van der Waals surface area contributed by atoms with E-state index in [1.807, 2.05) is 6.92 Å². The second kappa shape index (κ2) is 4.14. The van der Waals surface area contributed by atoms with Crippen LogP contribution in [0.1, 0.15) is 12.0 Å². The molecule has 0 spiro atoms. The molecule has 0 unspecified atom stereocenters. The molecule has 1 aliphatic rings. The molecule has 0 aromatic carbocycles. The van der Waals surface area contributed by atoms with Crippen molar-refractivity contribution in [3.8, 4) is 0 Å². The molecule has 1 fully saturated rings. The van der Waals surface area contributed by atoms with E-state index in [0.29, 0.717) is 5.82 Å². The molecule has 0 amide bonds. The molecular formula is C9H15N3OS. The average Bonchev–Trinajstić information content (AvgIpc) is 2.47. The van der Waals surface area contributed by atoms with Crippen LogP contribution in [0.4, 0.5) is 10.8 Å². The van der Waals surface area contributed by atoms with Crippen molar-refractivity contribution in [1.29, 1.82) is 0 Å². The van der Waals surface area contributed by atoms with Crippen molar-refractivity contribution >= 4 is 22.4 Å². The zero-order valence-corrected chi connectivity index (χ0v) is 9.14. The summed E-state index contributed by atoms with van der Waals surface area (Å²) in [5.41, 5.74) is 6.84. The fourth-order valence-electron chi connectivity index (χ4n) is 1.58. The minimum absolute atomic E-state index is 0.662. The van der Waals surface area contributed by atoms with Crippen LogP contribution in [-0.4, -0.2) is 30.7 Å². The highest BCUT2D eigenvalue weighted by Crippen LogP contribution is 2.29. The van der Waals surface area contributed by atoms with Gasteiger partial charge in [0.2, 0.25) is 0 Å². The van der Waals surface area contributed by atoms with Crippen molar-refractivity contribution < 1.29 is 4.74 Å². The third-order valence-electron chi connectivity index (χ3n) is 2.44. The summed E-state index contributed by atoms with van der Waals surface area (Å²) in [6, 6.07) is 0. The van der Waals surface area contributed by atoms with Gasteiger partial charge in [0.1, 0.15) is 10.8 Å². The Hall–Kier alpha value is -0.810. The van der Waals surface area contributed by atoms with Gasteiger partial charge in [-0.15, -0.1) is 0 Å². The highest BCUT2D eigenvalue weighted by molar-refractivity contribution is 7.10. The molecule has 0 bridgehead atoms. The van der Waals surface area contributed by atoms with Crippen molar-refractivity contribution in [1.82, 2.24) is 4.37 Å². The van der Waals surface area contributed by atoms with E-state index in [0.717, 1.165) is 38.3 Å². The van der Waals surface area contributed by atoms with Gasteiger partial charge < -0.3 is 15.4 Å². The van der Waals surface area contributed by atoms with Crippen molar-refractivity contribution in [2.45, 2.75) is 13.3 Å². The van der Waals surface area contributed by atoms with E-state index in [1.54, 1.807) is 0 Å². The van der Waals surface area contributed by atoms with Gasteiger partial charge >= 0.3 is 0 Å². The number of hydrogen-bond acceptors (Lipinski definition) is 5. The van der Waals surface area contributed by atoms with E-state index in [-0.39, 0.29) is 0 Å². The number of rotatable bonds is 1. The molecule has 2 rings (SSSR count). The molecule has 2 N–H and O–H groups in total. The number of hydrogen-bond donors (Lipinski definition) is 1. The predicted octanol–water partition coefficient (Wildman–Crippen LogP) is 1.26. The summed E-state index contributed by atoms with van der Waals surface area (Å²) in [7, 11) is 0. The molecule has 14 heavy (non-hydrogen) atoms. The summed E-state index contributed by atoms with van der Waals surface area (Å²) in [4.78, 5) is 2.32. The van der Waals surface area contributed by atoms with Crippen molar-refractivity contribution in [3.05, 3.63) is 5.56 Å². The van der Waals surface area contributed by atoms with Crippen LogP contribution in [0, 0.1) is 6.92 Å². The Bertz CT molecular complexity index is 305. The van der Waals surface area contributed by atoms with Gasteiger partial charge in [0, 0.05) is 25.3 Å². The number of nitrogens with two attached hydrogens (primary N) is 1. The molecule has 1 aliphatic heterocycles. The van der Waals surface area contributed by atoms with Crippen LogP contribution in [0.15, 0.2) is 0 Å². The molecule has 0 saturated carbocycles. The highest BCUT2D eigenvalue weighted by atomic mass is 32.1. The molecule has 1 aromatic heterocycles. The van der Waals surface area contributed by atoms with Gasteiger partial charge in [-0.1, -0.05) is 0 Å². The van der Waals surface area contributed by atoms with E-state index in [2.05, 4.69) is 9.27 Å². The van der Waals surface area contributed by atoms with E-state index in [1.165, 1.54) is 16.5 Å². The van der Waals surface area contributed by atoms with E-state index >= 15 is 0 Å². The predicted molar refractivity (Wildman–Crippen MR) is 58.9 cm³/mol. The zero-order chi connectivity index (χ0) is 9.97. The third kappa shape index (κ3) is 1.83. The lowest BCUT2D eigenvalue weighted by molar-refractivity contribution is 0.152. The van der Waals surface area contributed by atoms with Gasteiger partial charge in [-0.25, -0.2) is 0 Å². The van der Waals surface area contributed by atoms with Crippen molar-refractivity contribution in [3.63, 3.8) is 0 Å². The Morgan fingerprint density at radius 3 is 3.00 bits per heavy atom. The molecule has 5 heteroatoms. The Morgan fingerprint density at radius 2 is 2.29 bits per heavy atom. The molecule has 1 saturated heterocycles. The van der Waals surface area contributed by atoms with Gasteiger partial charge in [0.25, 0.3) is 0 Å². The normalized spacial score (nSPS) is 18.2. The SMILES string of the molecule is Cc1c(N)nsc1N1CCCOCC1.